The molecule has 6 nitrogen and oxygen atoms in total. The third-order valence-corrected chi connectivity index (χ3v) is 5.53. The van der Waals surface area contributed by atoms with Crippen LogP contribution < -0.4 is 9.47 Å². The molecule has 0 bridgehead atoms. The number of rotatable bonds is 10. The molecule has 0 amide bonds. The largest absolute Gasteiger partial charge is 0.423 e. The molecule has 0 fully saturated rings. The Labute approximate surface area is 225 Å². The first-order valence-electron chi connectivity index (χ1n) is 12.1. The molecule has 0 atom stereocenters. The third-order valence-electron chi connectivity index (χ3n) is 5.53. The Morgan fingerprint density at radius 3 is 1.21 bits per heavy atom. The molecule has 39 heavy (non-hydrogen) atoms. The number of carbonyl (C=O) groups is 4. The van der Waals surface area contributed by atoms with Crippen molar-refractivity contribution in [1.29, 1.82) is 0 Å². The summed E-state index contributed by atoms with van der Waals surface area (Å²) in [5, 5.41) is 0. The molecule has 0 aliphatic heterocycles. The van der Waals surface area contributed by atoms with Crippen LogP contribution in [0.5, 0.6) is 11.5 Å². The lowest BCUT2D eigenvalue weighted by Gasteiger charge is -2.05. The molecule has 0 aromatic heterocycles. The van der Waals surface area contributed by atoms with Crippen LogP contribution in [-0.2, 0) is 9.59 Å². The van der Waals surface area contributed by atoms with Crippen LogP contribution in [0.1, 0.15) is 38.3 Å². The molecule has 0 unspecified atom stereocenters. The minimum atomic E-state index is -0.547. The van der Waals surface area contributed by atoms with Gasteiger partial charge in [-0.15, -0.1) is 0 Å². The van der Waals surface area contributed by atoms with Gasteiger partial charge in [-0.2, -0.15) is 0 Å². The summed E-state index contributed by atoms with van der Waals surface area (Å²) in [4.78, 5) is 49.3. The van der Waals surface area contributed by atoms with E-state index in [1.165, 1.54) is 60.7 Å². The summed E-state index contributed by atoms with van der Waals surface area (Å²) in [5.41, 5.74) is 2.37. The SMILES string of the molecule is O=C(/C=C/c1ccccc1)Oc1ccc(C(=O)CC(=O)c2ccc(OC(=O)/C=C/c3ccccc3)cc2)cc1. The van der Waals surface area contributed by atoms with Crippen molar-refractivity contribution in [3.05, 3.63) is 144 Å². The van der Waals surface area contributed by atoms with Gasteiger partial charge in [-0.3, -0.25) is 9.59 Å². The second kappa shape index (κ2) is 13.3. The molecule has 0 saturated carbocycles. The number of hydrogen-bond acceptors (Lipinski definition) is 6. The number of Topliss-reactive ketones (excluding diaryl/α,β-unsaturated/α-hetero) is 2. The average molecular weight is 517 g/mol. The summed E-state index contributed by atoms with van der Waals surface area (Å²) in [6.07, 6.45) is 5.59. The van der Waals surface area contributed by atoms with Crippen molar-refractivity contribution in [3.8, 4) is 11.5 Å². The van der Waals surface area contributed by atoms with Crippen molar-refractivity contribution in [3.63, 3.8) is 0 Å². The Kier molecular flexibility index (Phi) is 9.08. The number of ether oxygens (including phenoxy) is 2. The van der Waals surface area contributed by atoms with Crippen molar-refractivity contribution in [2.45, 2.75) is 6.42 Å². The van der Waals surface area contributed by atoms with Crippen LogP contribution in [0, 0.1) is 0 Å². The molecule has 0 aliphatic carbocycles. The highest BCUT2D eigenvalue weighted by molar-refractivity contribution is 6.13. The van der Waals surface area contributed by atoms with Crippen LogP contribution in [0.4, 0.5) is 0 Å². The molecule has 192 valence electrons. The minimum Gasteiger partial charge on any atom is -0.423 e. The van der Waals surface area contributed by atoms with Gasteiger partial charge in [-0.25, -0.2) is 9.59 Å². The highest BCUT2D eigenvalue weighted by Gasteiger charge is 2.15. The number of carbonyl (C=O) groups excluding carboxylic acids is 4. The number of hydrogen-bond donors (Lipinski definition) is 0. The lowest BCUT2D eigenvalue weighted by atomic mass is 10.0. The molecular formula is C33H24O6. The maximum atomic E-state index is 12.6. The predicted molar refractivity (Wildman–Crippen MR) is 148 cm³/mol. The van der Waals surface area contributed by atoms with Gasteiger partial charge in [-0.1, -0.05) is 60.7 Å². The predicted octanol–water partition coefficient (Wildman–Crippen LogP) is 6.38. The number of benzene rings is 4. The summed E-state index contributed by atoms with van der Waals surface area (Å²) in [5.74, 6) is -1.27. The van der Waals surface area contributed by atoms with Gasteiger partial charge in [0.25, 0.3) is 0 Å². The number of esters is 2. The standard InChI is InChI=1S/C33H24O6/c34-30(26-13-17-28(18-14-26)38-32(36)21-11-24-7-3-1-4-8-24)23-31(35)27-15-19-29(20-16-27)39-33(37)22-12-25-9-5-2-6-10-25/h1-22H,23H2/b21-11+,22-12+. The zero-order valence-electron chi connectivity index (χ0n) is 20.9. The molecule has 0 aliphatic rings. The van der Waals surface area contributed by atoms with Gasteiger partial charge >= 0.3 is 11.9 Å². The van der Waals surface area contributed by atoms with Gasteiger partial charge in [0.1, 0.15) is 11.5 Å². The Morgan fingerprint density at radius 2 is 0.846 bits per heavy atom. The lowest BCUT2D eigenvalue weighted by molar-refractivity contribution is -0.129. The summed E-state index contributed by atoms with van der Waals surface area (Å²) in [6.45, 7) is 0. The highest BCUT2D eigenvalue weighted by atomic mass is 16.5. The Bertz CT molecular complexity index is 1380. The smallest absolute Gasteiger partial charge is 0.336 e. The number of ketones is 2. The van der Waals surface area contributed by atoms with E-state index >= 15 is 0 Å². The molecule has 0 spiro atoms. The molecule has 6 heteroatoms. The highest BCUT2D eigenvalue weighted by Crippen LogP contribution is 2.18. The average Bonchev–Trinajstić information content (AvgIpc) is 2.97. The van der Waals surface area contributed by atoms with E-state index in [4.69, 9.17) is 9.47 Å². The van der Waals surface area contributed by atoms with E-state index < -0.39 is 11.9 Å². The molecule has 0 saturated heterocycles. The first-order chi connectivity index (χ1) is 19.0. The van der Waals surface area contributed by atoms with Crippen LogP contribution >= 0.6 is 0 Å². The summed E-state index contributed by atoms with van der Waals surface area (Å²) in [7, 11) is 0. The van der Waals surface area contributed by atoms with E-state index in [-0.39, 0.29) is 29.5 Å². The summed E-state index contributed by atoms with van der Waals surface area (Å²) < 4.78 is 10.5. The third kappa shape index (κ3) is 8.33. The van der Waals surface area contributed by atoms with Gasteiger partial charge in [0.15, 0.2) is 11.6 Å². The van der Waals surface area contributed by atoms with E-state index in [1.807, 2.05) is 60.7 Å². The monoisotopic (exact) mass is 516 g/mol. The summed E-state index contributed by atoms with van der Waals surface area (Å²) >= 11 is 0. The maximum Gasteiger partial charge on any atom is 0.336 e. The van der Waals surface area contributed by atoms with E-state index in [0.29, 0.717) is 11.1 Å². The molecular weight excluding hydrogens is 492 g/mol. The topological polar surface area (TPSA) is 86.7 Å². The summed E-state index contributed by atoms with van der Waals surface area (Å²) in [6, 6.07) is 30.7. The minimum absolute atomic E-state index is 0.282. The molecule has 0 radical (unpaired) electrons. The quantitative estimate of drug-likeness (QED) is 0.0799. The molecule has 0 heterocycles. The first kappa shape index (κ1) is 26.7. The van der Waals surface area contributed by atoms with E-state index in [0.717, 1.165) is 11.1 Å². The van der Waals surface area contributed by atoms with Gasteiger partial charge in [0.2, 0.25) is 0 Å². The normalized spacial score (nSPS) is 10.9. The molecule has 4 rings (SSSR count). The fourth-order valence-electron chi connectivity index (χ4n) is 3.52. The van der Waals surface area contributed by atoms with Crippen molar-refractivity contribution < 1.29 is 28.7 Å². The molecule has 0 N–H and O–H groups in total. The van der Waals surface area contributed by atoms with Crippen LogP contribution in [0.25, 0.3) is 12.2 Å². The van der Waals surface area contributed by atoms with Gasteiger partial charge in [-0.05, 0) is 71.8 Å². The fraction of sp³-hybridized carbons (Fsp3) is 0.0303. The van der Waals surface area contributed by atoms with Crippen molar-refractivity contribution in [2.24, 2.45) is 0 Å². The zero-order chi connectivity index (χ0) is 27.5. The second-order valence-electron chi connectivity index (χ2n) is 8.40. The van der Waals surface area contributed by atoms with Crippen molar-refractivity contribution in [1.82, 2.24) is 0 Å². The van der Waals surface area contributed by atoms with Gasteiger partial charge in [0, 0.05) is 23.3 Å². The van der Waals surface area contributed by atoms with Crippen molar-refractivity contribution in [2.75, 3.05) is 0 Å². The molecule has 4 aromatic carbocycles. The van der Waals surface area contributed by atoms with Gasteiger partial charge in [0.05, 0.1) is 6.42 Å². The Morgan fingerprint density at radius 1 is 0.487 bits per heavy atom. The van der Waals surface area contributed by atoms with Crippen LogP contribution in [0.15, 0.2) is 121 Å². The molecule has 4 aromatic rings. The fourth-order valence-corrected chi connectivity index (χ4v) is 3.52. The van der Waals surface area contributed by atoms with Crippen LogP contribution in [-0.4, -0.2) is 23.5 Å². The first-order valence-corrected chi connectivity index (χ1v) is 12.1. The second-order valence-corrected chi connectivity index (χ2v) is 8.40. The van der Waals surface area contributed by atoms with Gasteiger partial charge < -0.3 is 9.47 Å². The van der Waals surface area contributed by atoms with E-state index in [9.17, 15) is 19.2 Å². The van der Waals surface area contributed by atoms with E-state index in [1.54, 1.807) is 12.2 Å². The van der Waals surface area contributed by atoms with Crippen molar-refractivity contribution >= 4 is 35.7 Å². The zero-order valence-corrected chi connectivity index (χ0v) is 20.9. The van der Waals surface area contributed by atoms with E-state index in [2.05, 4.69) is 0 Å². The lowest BCUT2D eigenvalue weighted by Crippen LogP contribution is -2.09. The van der Waals surface area contributed by atoms with Crippen LogP contribution in [0.2, 0.25) is 0 Å². The Hall–Kier alpha value is -5.36. The maximum absolute atomic E-state index is 12.6. The van der Waals surface area contributed by atoms with Crippen LogP contribution in [0.3, 0.4) is 0 Å². The Balaban J connectivity index is 1.27.